The molecule has 5 nitrogen and oxygen atoms in total. The lowest BCUT2D eigenvalue weighted by molar-refractivity contribution is 0.0767. The summed E-state index contributed by atoms with van der Waals surface area (Å²) in [7, 11) is 0. The van der Waals surface area contributed by atoms with Gasteiger partial charge in [-0.2, -0.15) is 0 Å². The van der Waals surface area contributed by atoms with Gasteiger partial charge >= 0.3 is 0 Å². The molecule has 0 bridgehead atoms. The number of rotatable bonds is 2. The number of nitrogens with two attached hydrogens (primary N) is 1. The molecule has 0 spiro atoms. The second-order valence-corrected chi connectivity index (χ2v) is 4.64. The van der Waals surface area contributed by atoms with Gasteiger partial charge in [0.25, 0.3) is 5.91 Å². The van der Waals surface area contributed by atoms with Crippen LogP contribution in [-0.2, 0) is 0 Å². The van der Waals surface area contributed by atoms with Crippen molar-refractivity contribution in [3.8, 4) is 0 Å². The van der Waals surface area contributed by atoms with Crippen LogP contribution in [0.4, 0.5) is 4.39 Å². The van der Waals surface area contributed by atoms with Crippen molar-refractivity contribution >= 4 is 11.7 Å². The molecule has 1 atom stereocenters. The van der Waals surface area contributed by atoms with E-state index in [0.29, 0.717) is 24.1 Å². The van der Waals surface area contributed by atoms with Crippen molar-refractivity contribution in [2.24, 2.45) is 10.9 Å². The molecule has 1 aromatic carbocycles. The largest absolute Gasteiger partial charge is 0.409 e. The first-order valence-electron chi connectivity index (χ1n) is 6.09. The zero-order chi connectivity index (χ0) is 14.0. The number of halogens is 1. The van der Waals surface area contributed by atoms with Crippen molar-refractivity contribution in [1.82, 2.24) is 4.90 Å². The average molecular weight is 265 g/mol. The number of hydrogen-bond acceptors (Lipinski definition) is 3. The summed E-state index contributed by atoms with van der Waals surface area (Å²) in [6.07, 6.45) is 1.47. The summed E-state index contributed by atoms with van der Waals surface area (Å²) < 4.78 is 13.1. The van der Waals surface area contributed by atoms with Crippen LogP contribution in [0.1, 0.15) is 28.8 Å². The van der Waals surface area contributed by atoms with Gasteiger partial charge in [0.2, 0.25) is 0 Å². The van der Waals surface area contributed by atoms with Gasteiger partial charge < -0.3 is 15.8 Å². The smallest absolute Gasteiger partial charge is 0.254 e. The summed E-state index contributed by atoms with van der Waals surface area (Å²) in [6.45, 7) is 2.24. The first-order chi connectivity index (χ1) is 9.04. The van der Waals surface area contributed by atoms with Crippen LogP contribution in [0.2, 0.25) is 0 Å². The van der Waals surface area contributed by atoms with E-state index in [1.54, 1.807) is 11.8 Å². The first kappa shape index (κ1) is 13.3. The SMILES string of the molecule is Cc1cc(F)ccc1C(=O)N1CCCC1/C(N)=N/O. The Balaban J connectivity index is 2.28. The van der Waals surface area contributed by atoms with Crippen LogP contribution in [0, 0.1) is 12.7 Å². The third-order valence-electron chi connectivity index (χ3n) is 3.39. The number of likely N-dealkylation sites (tertiary alicyclic amines) is 1. The third kappa shape index (κ3) is 2.52. The van der Waals surface area contributed by atoms with E-state index in [1.807, 2.05) is 0 Å². The monoisotopic (exact) mass is 265 g/mol. The fourth-order valence-corrected chi connectivity index (χ4v) is 2.41. The molecular weight excluding hydrogens is 249 g/mol. The Morgan fingerprint density at radius 1 is 1.58 bits per heavy atom. The lowest BCUT2D eigenvalue weighted by Crippen LogP contribution is -2.44. The van der Waals surface area contributed by atoms with E-state index < -0.39 is 0 Å². The van der Waals surface area contributed by atoms with Crippen LogP contribution in [0.5, 0.6) is 0 Å². The zero-order valence-electron chi connectivity index (χ0n) is 10.6. The minimum atomic E-state index is -0.387. The topological polar surface area (TPSA) is 78.9 Å². The second-order valence-electron chi connectivity index (χ2n) is 4.64. The number of nitrogens with zero attached hydrogens (tertiary/aromatic N) is 2. The molecule has 3 N–H and O–H groups in total. The molecule has 1 amide bonds. The quantitative estimate of drug-likeness (QED) is 0.368. The summed E-state index contributed by atoms with van der Waals surface area (Å²) in [5.41, 5.74) is 6.62. The van der Waals surface area contributed by atoms with E-state index in [9.17, 15) is 9.18 Å². The fourth-order valence-electron chi connectivity index (χ4n) is 2.41. The fraction of sp³-hybridized carbons (Fsp3) is 0.385. The van der Waals surface area contributed by atoms with Gasteiger partial charge in [0.1, 0.15) is 5.82 Å². The predicted molar refractivity (Wildman–Crippen MR) is 68.6 cm³/mol. The van der Waals surface area contributed by atoms with Gasteiger partial charge in [0.15, 0.2) is 5.84 Å². The second kappa shape index (κ2) is 5.26. The lowest BCUT2D eigenvalue weighted by atomic mass is 10.1. The van der Waals surface area contributed by atoms with Crippen molar-refractivity contribution in [2.75, 3.05) is 6.54 Å². The van der Waals surface area contributed by atoms with Crippen molar-refractivity contribution < 1.29 is 14.4 Å². The van der Waals surface area contributed by atoms with E-state index in [1.165, 1.54) is 18.2 Å². The van der Waals surface area contributed by atoms with Gasteiger partial charge in [-0.1, -0.05) is 5.16 Å². The van der Waals surface area contributed by atoms with Crippen molar-refractivity contribution in [3.05, 3.63) is 35.1 Å². The highest BCUT2D eigenvalue weighted by Gasteiger charge is 2.32. The highest BCUT2D eigenvalue weighted by molar-refractivity contribution is 5.99. The minimum Gasteiger partial charge on any atom is -0.409 e. The van der Waals surface area contributed by atoms with Crippen LogP contribution in [0.3, 0.4) is 0 Å². The Kier molecular flexibility index (Phi) is 3.69. The van der Waals surface area contributed by atoms with E-state index in [0.717, 1.165) is 6.42 Å². The molecular formula is C13H16FN3O2. The van der Waals surface area contributed by atoms with Crippen molar-refractivity contribution in [3.63, 3.8) is 0 Å². The molecule has 0 saturated carbocycles. The zero-order valence-corrected chi connectivity index (χ0v) is 10.6. The maximum Gasteiger partial charge on any atom is 0.254 e. The summed E-state index contributed by atoms with van der Waals surface area (Å²) in [6, 6.07) is 3.66. The maximum atomic E-state index is 13.1. The minimum absolute atomic E-state index is 0.0330. The number of aryl methyl sites for hydroxylation is 1. The summed E-state index contributed by atoms with van der Waals surface area (Å²) in [5.74, 6) is -0.555. The Morgan fingerprint density at radius 3 is 2.95 bits per heavy atom. The molecule has 1 aliphatic rings. The standard InChI is InChI=1S/C13H16FN3O2/c1-8-7-9(14)4-5-10(8)13(18)17-6-2-3-11(17)12(15)16-19/h4-5,7,11,19H,2-3,6H2,1H3,(H2,15,16). The highest BCUT2D eigenvalue weighted by atomic mass is 19.1. The summed E-state index contributed by atoms with van der Waals surface area (Å²) >= 11 is 0. The molecule has 1 unspecified atom stereocenters. The normalized spacial score (nSPS) is 19.8. The van der Waals surface area contributed by atoms with Crippen LogP contribution in [-0.4, -0.2) is 34.4 Å². The molecule has 0 radical (unpaired) electrons. The Morgan fingerprint density at radius 2 is 2.32 bits per heavy atom. The molecule has 102 valence electrons. The molecule has 0 aliphatic carbocycles. The van der Waals surface area contributed by atoms with Gasteiger partial charge in [-0.15, -0.1) is 0 Å². The van der Waals surface area contributed by atoms with Gasteiger partial charge in [0, 0.05) is 12.1 Å². The first-order valence-corrected chi connectivity index (χ1v) is 6.09. The van der Waals surface area contributed by atoms with E-state index in [-0.39, 0.29) is 23.6 Å². The third-order valence-corrected chi connectivity index (χ3v) is 3.39. The van der Waals surface area contributed by atoms with Gasteiger partial charge in [-0.3, -0.25) is 4.79 Å². The van der Waals surface area contributed by atoms with Crippen LogP contribution < -0.4 is 5.73 Å². The number of carbonyl (C=O) groups excluding carboxylic acids is 1. The average Bonchev–Trinajstić information content (AvgIpc) is 2.86. The van der Waals surface area contributed by atoms with Crippen molar-refractivity contribution in [1.29, 1.82) is 0 Å². The van der Waals surface area contributed by atoms with Crippen LogP contribution in [0.15, 0.2) is 23.4 Å². The summed E-state index contributed by atoms with van der Waals surface area (Å²) in [5, 5.41) is 11.7. The number of hydrogen-bond donors (Lipinski definition) is 2. The molecule has 1 aliphatic heterocycles. The molecule has 6 heteroatoms. The molecule has 1 saturated heterocycles. The van der Waals surface area contributed by atoms with E-state index >= 15 is 0 Å². The molecule has 1 heterocycles. The maximum absolute atomic E-state index is 13.1. The Hall–Kier alpha value is -2.11. The van der Waals surface area contributed by atoms with E-state index in [2.05, 4.69) is 5.16 Å². The number of carbonyl (C=O) groups is 1. The molecule has 0 aromatic heterocycles. The lowest BCUT2D eigenvalue weighted by Gasteiger charge is -2.24. The Bertz CT molecular complexity index is 531. The number of amidine groups is 1. The molecule has 1 fully saturated rings. The Labute approximate surface area is 110 Å². The van der Waals surface area contributed by atoms with Crippen LogP contribution in [0.25, 0.3) is 0 Å². The molecule has 1 aromatic rings. The number of oxime groups is 1. The molecule has 2 rings (SSSR count). The van der Waals surface area contributed by atoms with Gasteiger partial charge in [0.05, 0.1) is 6.04 Å². The highest BCUT2D eigenvalue weighted by Crippen LogP contribution is 2.22. The summed E-state index contributed by atoms with van der Waals surface area (Å²) in [4.78, 5) is 14.0. The van der Waals surface area contributed by atoms with Gasteiger partial charge in [-0.05, 0) is 43.5 Å². The van der Waals surface area contributed by atoms with E-state index in [4.69, 9.17) is 10.9 Å². The number of benzene rings is 1. The predicted octanol–water partition coefficient (Wildman–Crippen LogP) is 1.49. The number of amides is 1. The van der Waals surface area contributed by atoms with Crippen molar-refractivity contribution in [2.45, 2.75) is 25.8 Å². The van der Waals surface area contributed by atoms with Crippen LogP contribution >= 0.6 is 0 Å². The van der Waals surface area contributed by atoms with Gasteiger partial charge in [-0.25, -0.2) is 4.39 Å². The molecule has 19 heavy (non-hydrogen) atoms.